The summed E-state index contributed by atoms with van der Waals surface area (Å²) in [5.74, 6) is 0.903. The van der Waals surface area contributed by atoms with Gasteiger partial charge in [-0.3, -0.25) is 9.69 Å². The second-order valence-electron chi connectivity index (χ2n) is 7.21. The first kappa shape index (κ1) is 13.6. The van der Waals surface area contributed by atoms with Crippen LogP contribution in [-0.2, 0) is 4.79 Å². The summed E-state index contributed by atoms with van der Waals surface area (Å²) in [6.45, 7) is 5.55. The lowest BCUT2D eigenvalue weighted by Crippen LogP contribution is -2.36. The molecule has 0 bridgehead atoms. The van der Waals surface area contributed by atoms with Crippen molar-refractivity contribution in [3.8, 4) is 0 Å². The van der Waals surface area contributed by atoms with Crippen LogP contribution in [0, 0.1) is 11.3 Å². The van der Waals surface area contributed by atoms with Gasteiger partial charge in [-0.2, -0.15) is 0 Å². The van der Waals surface area contributed by atoms with Crippen molar-refractivity contribution in [2.75, 3.05) is 39.8 Å². The van der Waals surface area contributed by atoms with E-state index < -0.39 is 0 Å². The molecule has 3 aliphatic rings. The van der Waals surface area contributed by atoms with Crippen molar-refractivity contribution < 1.29 is 4.79 Å². The Morgan fingerprint density at radius 3 is 2.37 bits per heavy atom. The first-order chi connectivity index (χ1) is 9.17. The van der Waals surface area contributed by atoms with E-state index in [2.05, 4.69) is 16.8 Å². The minimum atomic E-state index is 0.372. The first-order valence-electron chi connectivity index (χ1n) is 8.11. The molecule has 108 valence electrons. The zero-order valence-corrected chi connectivity index (χ0v) is 12.4. The molecule has 0 unspecified atom stereocenters. The molecule has 2 aliphatic heterocycles. The summed E-state index contributed by atoms with van der Waals surface area (Å²) in [6.07, 6.45) is 8.81. The van der Waals surface area contributed by atoms with Crippen LogP contribution < -0.4 is 0 Å². The highest BCUT2D eigenvalue weighted by molar-refractivity contribution is 5.83. The third-order valence-corrected chi connectivity index (χ3v) is 5.71. The largest absolute Gasteiger partial charge is 0.306 e. The van der Waals surface area contributed by atoms with Crippen LogP contribution >= 0.6 is 0 Å². The Bertz CT molecular complexity index is 328. The molecule has 1 saturated carbocycles. The van der Waals surface area contributed by atoms with E-state index in [-0.39, 0.29) is 0 Å². The molecule has 2 heterocycles. The van der Waals surface area contributed by atoms with Crippen molar-refractivity contribution in [2.45, 2.75) is 44.9 Å². The summed E-state index contributed by atoms with van der Waals surface area (Å²) >= 11 is 0. The number of hydrogen-bond donors (Lipinski definition) is 0. The van der Waals surface area contributed by atoms with E-state index in [1.807, 2.05) is 0 Å². The lowest BCUT2D eigenvalue weighted by Gasteiger charge is -2.37. The van der Waals surface area contributed by atoms with E-state index in [1.165, 1.54) is 45.2 Å². The minimum absolute atomic E-state index is 0.372. The van der Waals surface area contributed by atoms with Gasteiger partial charge < -0.3 is 4.90 Å². The van der Waals surface area contributed by atoms with Crippen molar-refractivity contribution in [1.29, 1.82) is 0 Å². The highest BCUT2D eigenvalue weighted by atomic mass is 16.1. The molecule has 0 N–H and O–H groups in total. The molecule has 19 heavy (non-hydrogen) atoms. The van der Waals surface area contributed by atoms with Crippen molar-refractivity contribution in [1.82, 2.24) is 9.80 Å². The molecule has 1 aliphatic carbocycles. The van der Waals surface area contributed by atoms with Crippen molar-refractivity contribution in [3.63, 3.8) is 0 Å². The van der Waals surface area contributed by atoms with Gasteiger partial charge in [-0.05, 0) is 77.0 Å². The number of carbonyl (C=O) groups excluding carboxylic acids is 1. The minimum Gasteiger partial charge on any atom is -0.306 e. The fraction of sp³-hybridized carbons (Fsp3) is 0.938. The van der Waals surface area contributed by atoms with Gasteiger partial charge in [-0.25, -0.2) is 0 Å². The Balaban J connectivity index is 1.48. The predicted molar refractivity (Wildman–Crippen MR) is 77.2 cm³/mol. The Kier molecular flexibility index (Phi) is 3.95. The van der Waals surface area contributed by atoms with Gasteiger partial charge in [0.2, 0.25) is 0 Å². The molecule has 0 aromatic carbocycles. The van der Waals surface area contributed by atoms with Crippen LogP contribution in [0.4, 0.5) is 0 Å². The monoisotopic (exact) mass is 264 g/mol. The van der Waals surface area contributed by atoms with Crippen LogP contribution in [0.25, 0.3) is 0 Å². The van der Waals surface area contributed by atoms with Crippen molar-refractivity contribution in [3.05, 3.63) is 0 Å². The maximum atomic E-state index is 12.4. The number of carbonyl (C=O) groups is 1. The summed E-state index contributed by atoms with van der Waals surface area (Å²) in [5.41, 5.74) is 0.569. The van der Waals surface area contributed by atoms with Crippen LogP contribution in [0.5, 0.6) is 0 Å². The van der Waals surface area contributed by atoms with Gasteiger partial charge in [0.25, 0.3) is 0 Å². The van der Waals surface area contributed by atoms with Crippen molar-refractivity contribution >= 4 is 5.78 Å². The summed E-state index contributed by atoms with van der Waals surface area (Å²) in [5, 5.41) is 0. The van der Waals surface area contributed by atoms with Gasteiger partial charge in [-0.15, -0.1) is 0 Å². The van der Waals surface area contributed by atoms with Gasteiger partial charge in [-0.1, -0.05) is 0 Å². The van der Waals surface area contributed by atoms with Gasteiger partial charge in [0.05, 0.1) is 6.54 Å². The number of ketones is 1. The second-order valence-corrected chi connectivity index (χ2v) is 7.21. The number of likely N-dealkylation sites (tertiary alicyclic amines) is 2. The Morgan fingerprint density at radius 1 is 1.11 bits per heavy atom. The Hall–Kier alpha value is -0.410. The fourth-order valence-corrected chi connectivity index (χ4v) is 4.41. The lowest BCUT2D eigenvalue weighted by atomic mass is 9.69. The topological polar surface area (TPSA) is 23.6 Å². The zero-order chi connectivity index (χ0) is 13.3. The van der Waals surface area contributed by atoms with Gasteiger partial charge in [0.15, 0.2) is 0 Å². The van der Waals surface area contributed by atoms with Gasteiger partial charge >= 0.3 is 0 Å². The molecule has 0 atom stereocenters. The lowest BCUT2D eigenvalue weighted by molar-refractivity contribution is -0.125. The van der Waals surface area contributed by atoms with E-state index in [0.717, 1.165) is 32.5 Å². The third kappa shape index (κ3) is 3.03. The van der Waals surface area contributed by atoms with E-state index in [0.29, 0.717) is 17.1 Å². The molecule has 0 amide bonds. The number of Topliss-reactive ketones (excluding diaryl/α,β-unsaturated/α-hetero) is 1. The number of nitrogens with zero attached hydrogens (tertiary/aromatic N) is 2. The molecule has 0 aromatic rings. The Labute approximate surface area is 117 Å². The molecular weight excluding hydrogens is 236 g/mol. The quantitative estimate of drug-likeness (QED) is 0.780. The first-order valence-corrected chi connectivity index (χ1v) is 8.11. The third-order valence-electron chi connectivity index (χ3n) is 5.71. The molecule has 0 aromatic heterocycles. The second kappa shape index (κ2) is 5.53. The summed E-state index contributed by atoms with van der Waals surface area (Å²) < 4.78 is 0. The molecule has 2 saturated heterocycles. The van der Waals surface area contributed by atoms with Crippen LogP contribution in [-0.4, -0.2) is 55.4 Å². The molecule has 1 spiro atoms. The van der Waals surface area contributed by atoms with Crippen LogP contribution in [0.2, 0.25) is 0 Å². The van der Waals surface area contributed by atoms with Gasteiger partial charge in [0, 0.05) is 12.5 Å². The van der Waals surface area contributed by atoms with Gasteiger partial charge in [0.1, 0.15) is 5.78 Å². The molecule has 3 rings (SSSR count). The highest BCUT2D eigenvalue weighted by Gasteiger charge is 2.41. The maximum Gasteiger partial charge on any atom is 0.149 e. The number of hydrogen-bond acceptors (Lipinski definition) is 3. The fourth-order valence-electron chi connectivity index (χ4n) is 4.41. The van der Waals surface area contributed by atoms with E-state index >= 15 is 0 Å². The SMILES string of the molecule is CN1CCC2(CCC(C(=O)CN3CCCC3)CC2)C1. The maximum absolute atomic E-state index is 12.4. The molecule has 0 radical (unpaired) electrons. The predicted octanol–water partition coefficient (Wildman–Crippen LogP) is 2.16. The highest BCUT2D eigenvalue weighted by Crippen LogP contribution is 2.45. The number of rotatable bonds is 3. The van der Waals surface area contributed by atoms with Crippen LogP contribution in [0.3, 0.4) is 0 Å². The average Bonchev–Trinajstić information content (AvgIpc) is 3.01. The average molecular weight is 264 g/mol. The van der Waals surface area contributed by atoms with E-state index in [9.17, 15) is 4.79 Å². The smallest absolute Gasteiger partial charge is 0.149 e. The van der Waals surface area contributed by atoms with Crippen molar-refractivity contribution in [2.24, 2.45) is 11.3 Å². The summed E-state index contributed by atoms with van der Waals surface area (Å²) in [7, 11) is 2.24. The molecular formula is C16H28N2O. The normalized spacial score (nSPS) is 37.2. The summed E-state index contributed by atoms with van der Waals surface area (Å²) in [4.78, 5) is 17.2. The van der Waals surface area contributed by atoms with E-state index in [4.69, 9.17) is 0 Å². The standard InChI is InChI=1S/C16H28N2O/c1-17-11-8-16(13-17)6-4-14(5-7-16)15(19)12-18-9-2-3-10-18/h14H,2-13H2,1H3. The molecule has 3 fully saturated rings. The summed E-state index contributed by atoms with van der Waals surface area (Å²) in [6, 6.07) is 0. The zero-order valence-electron chi connectivity index (χ0n) is 12.4. The Morgan fingerprint density at radius 2 is 1.79 bits per heavy atom. The van der Waals surface area contributed by atoms with Crippen LogP contribution in [0.1, 0.15) is 44.9 Å². The van der Waals surface area contributed by atoms with E-state index in [1.54, 1.807) is 0 Å². The van der Waals surface area contributed by atoms with Crippen LogP contribution in [0.15, 0.2) is 0 Å². The molecule has 3 nitrogen and oxygen atoms in total. The molecule has 3 heteroatoms.